The molecule has 4 N–H and O–H groups in total. The number of nitrogens with two attached hydrogens (primary N) is 1. The van der Waals surface area contributed by atoms with Gasteiger partial charge in [-0.3, -0.25) is 14.4 Å². The number of fused-ring (bicyclic) bond motifs is 1. The van der Waals surface area contributed by atoms with Crippen LogP contribution in [-0.2, 0) is 14.3 Å². The number of hydrogen-bond donors (Lipinski definition) is 3. The number of thioether (sulfide) groups is 1. The predicted molar refractivity (Wildman–Crippen MR) is 104 cm³/mol. The van der Waals surface area contributed by atoms with Gasteiger partial charge in [0.15, 0.2) is 6.61 Å². The van der Waals surface area contributed by atoms with E-state index < -0.39 is 24.4 Å². The van der Waals surface area contributed by atoms with E-state index in [9.17, 15) is 19.2 Å². The highest BCUT2D eigenvalue weighted by Gasteiger charge is 2.24. The van der Waals surface area contributed by atoms with E-state index >= 15 is 0 Å². The van der Waals surface area contributed by atoms with Crippen molar-refractivity contribution in [2.45, 2.75) is 17.1 Å². The summed E-state index contributed by atoms with van der Waals surface area (Å²) in [5.74, 6) is -1.92. The number of ether oxygens (including phenoxy) is 1. The monoisotopic (exact) mass is 399 g/mol. The first-order chi connectivity index (χ1) is 13.3. The van der Waals surface area contributed by atoms with Crippen molar-refractivity contribution < 1.29 is 23.9 Å². The van der Waals surface area contributed by atoms with E-state index in [0.29, 0.717) is 16.9 Å². The normalized spacial score (nSPS) is 15.2. The largest absolute Gasteiger partial charge is 0.452 e. The van der Waals surface area contributed by atoms with Gasteiger partial charge in [0.2, 0.25) is 11.8 Å². The van der Waals surface area contributed by atoms with Crippen LogP contribution in [0, 0.1) is 0 Å². The third-order valence-corrected chi connectivity index (χ3v) is 5.11. The van der Waals surface area contributed by atoms with Crippen LogP contribution in [0.1, 0.15) is 27.6 Å². The Bertz CT molecular complexity index is 959. The minimum absolute atomic E-state index is 0.134. The van der Waals surface area contributed by atoms with Gasteiger partial charge in [-0.05, 0) is 49.4 Å². The summed E-state index contributed by atoms with van der Waals surface area (Å²) in [4.78, 5) is 47.8. The van der Waals surface area contributed by atoms with Crippen molar-refractivity contribution in [2.24, 2.45) is 5.73 Å². The lowest BCUT2D eigenvalue weighted by Gasteiger charge is -2.21. The second-order valence-corrected chi connectivity index (χ2v) is 7.41. The fourth-order valence-electron chi connectivity index (χ4n) is 2.47. The Morgan fingerprint density at radius 2 is 1.82 bits per heavy atom. The Morgan fingerprint density at radius 1 is 1.14 bits per heavy atom. The van der Waals surface area contributed by atoms with E-state index in [4.69, 9.17) is 10.5 Å². The zero-order valence-corrected chi connectivity index (χ0v) is 15.7. The standard InChI is InChI=1S/C19H17N3O5S/c1-10-18(25)22-14-8-12(4-7-15(14)28-10)19(26)27-9-16(23)21-13-5-2-11(3-6-13)17(20)24/h2-8,10H,9H2,1H3,(H2,20,24)(H,21,23)(H,22,25). The average molecular weight is 399 g/mol. The van der Waals surface area contributed by atoms with Gasteiger partial charge in [0.1, 0.15) is 0 Å². The third kappa shape index (κ3) is 4.49. The summed E-state index contributed by atoms with van der Waals surface area (Å²) in [5.41, 5.74) is 6.68. The van der Waals surface area contributed by atoms with E-state index in [1.807, 2.05) is 0 Å². The van der Waals surface area contributed by atoms with Crippen molar-refractivity contribution in [2.75, 3.05) is 17.2 Å². The number of anilines is 2. The maximum absolute atomic E-state index is 12.2. The molecule has 144 valence electrons. The molecule has 28 heavy (non-hydrogen) atoms. The minimum atomic E-state index is -0.681. The molecule has 0 saturated heterocycles. The van der Waals surface area contributed by atoms with Crippen molar-refractivity contribution in [1.29, 1.82) is 0 Å². The van der Waals surface area contributed by atoms with Crippen LogP contribution in [0.25, 0.3) is 0 Å². The van der Waals surface area contributed by atoms with Gasteiger partial charge < -0.3 is 21.1 Å². The molecule has 0 spiro atoms. The first-order valence-electron chi connectivity index (χ1n) is 8.32. The lowest BCUT2D eigenvalue weighted by Crippen LogP contribution is -2.26. The molecule has 0 radical (unpaired) electrons. The summed E-state index contributed by atoms with van der Waals surface area (Å²) in [5, 5.41) is 5.08. The molecule has 3 rings (SSSR count). The summed E-state index contributed by atoms with van der Waals surface area (Å²) in [6.07, 6.45) is 0. The molecule has 1 aliphatic heterocycles. The number of amides is 3. The number of benzene rings is 2. The van der Waals surface area contributed by atoms with Gasteiger partial charge >= 0.3 is 5.97 Å². The number of primary amides is 1. The number of carbonyl (C=O) groups is 4. The predicted octanol–water partition coefficient (Wildman–Crippen LogP) is 2.01. The molecule has 1 atom stereocenters. The Morgan fingerprint density at radius 3 is 2.50 bits per heavy atom. The van der Waals surface area contributed by atoms with Gasteiger partial charge in [-0.1, -0.05) is 0 Å². The molecule has 1 unspecified atom stereocenters. The molecular formula is C19H17N3O5S. The molecule has 9 heteroatoms. The molecule has 0 fully saturated rings. The van der Waals surface area contributed by atoms with Gasteiger partial charge in [-0.15, -0.1) is 11.8 Å². The fraction of sp³-hybridized carbons (Fsp3) is 0.158. The first kappa shape index (κ1) is 19.4. The van der Waals surface area contributed by atoms with Crippen LogP contribution in [-0.4, -0.2) is 35.5 Å². The van der Waals surface area contributed by atoms with Gasteiger partial charge in [-0.2, -0.15) is 0 Å². The quantitative estimate of drug-likeness (QED) is 0.660. The van der Waals surface area contributed by atoms with Crippen molar-refractivity contribution in [3.8, 4) is 0 Å². The van der Waals surface area contributed by atoms with Crippen molar-refractivity contribution in [3.05, 3.63) is 53.6 Å². The summed E-state index contributed by atoms with van der Waals surface area (Å²) in [6.45, 7) is 1.32. The second kappa shape index (κ2) is 8.13. The lowest BCUT2D eigenvalue weighted by atomic mass is 10.2. The van der Waals surface area contributed by atoms with E-state index in [1.165, 1.54) is 42.1 Å². The lowest BCUT2D eigenvalue weighted by molar-refractivity contribution is -0.119. The molecule has 3 amide bonds. The molecule has 0 saturated carbocycles. The number of hydrogen-bond acceptors (Lipinski definition) is 6. The van der Waals surface area contributed by atoms with Crippen LogP contribution >= 0.6 is 11.8 Å². The SMILES string of the molecule is CC1Sc2ccc(C(=O)OCC(=O)Nc3ccc(C(N)=O)cc3)cc2NC1=O. The van der Waals surface area contributed by atoms with Crippen molar-refractivity contribution >= 4 is 46.8 Å². The number of esters is 1. The van der Waals surface area contributed by atoms with E-state index in [1.54, 1.807) is 19.1 Å². The Balaban J connectivity index is 1.56. The van der Waals surface area contributed by atoms with Crippen LogP contribution < -0.4 is 16.4 Å². The number of nitrogens with one attached hydrogen (secondary N) is 2. The van der Waals surface area contributed by atoms with Crippen LogP contribution in [0.15, 0.2) is 47.4 Å². The molecule has 8 nitrogen and oxygen atoms in total. The topological polar surface area (TPSA) is 128 Å². The molecule has 2 aromatic carbocycles. The molecular weight excluding hydrogens is 382 g/mol. The highest BCUT2D eigenvalue weighted by molar-refractivity contribution is 8.00. The van der Waals surface area contributed by atoms with Gasteiger partial charge in [-0.25, -0.2) is 4.79 Å². The first-order valence-corrected chi connectivity index (χ1v) is 9.20. The van der Waals surface area contributed by atoms with E-state index in [-0.39, 0.29) is 16.7 Å². The zero-order chi connectivity index (χ0) is 20.3. The zero-order valence-electron chi connectivity index (χ0n) is 14.9. The fourth-order valence-corrected chi connectivity index (χ4v) is 3.40. The van der Waals surface area contributed by atoms with Gasteiger partial charge in [0, 0.05) is 16.1 Å². The molecule has 2 aromatic rings. The van der Waals surface area contributed by atoms with Crippen molar-refractivity contribution in [1.82, 2.24) is 0 Å². The van der Waals surface area contributed by atoms with Crippen LogP contribution in [0.2, 0.25) is 0 Å². The maximum Gasteiger partial charge on any atom is 0.338 e. The molecule has 1 aliphatic rings. The van der Waals surface area contributed by atoms with Crippen LogP contribution in [0.4, 0.5) is 11.4 Å². The highest BCUT2D eigenvalue weighted by atomic mass is 32.2. The van der Waals surface area contributed by atoms with Gasteiger partial charge in [0.05, 0.1) is 16.5 Å². The molecule has 0 aliphatic carbocycles. The van der Waals surface area contributed by atoms with Crippen molar-refractivity contribution in [3.63, 3.8) is 0 Å². The summed E-state index contributed by atoms with van der Waals surface area (Å²) in [6, 6.07) is 10.8. The van der Waals surface area contributed by atoms with E-state index in [0.717, 1.165) is 4.90 Å². The molecule has 1 heterocycles. The Labute approximate surface area is 164 Å². The molecule has 0 aromatic heterocycles. The summed E-state index contributed by atoms with van der Waals surface area (Å²) < 4.78 is 5.02. The van der Waals surface area contributed by atoms with Crippen LogP contribution in [0.5, 0.6) is 0 Å². The minimum Gasteiger partial charge on any atom is -0.452 e. The summed E-state index contributed by atoms with van der Waals surface area (Å²) in [7, 11) is 0. The van der Waals surface area contributed by atoms with Gasteiger partial charge in [0.25, 0.3) is 5.91 Å². The smallest absolute Gasteiger partial charge is 0.338 e. The Hall–Kier alpha value is -3.33. The average Bonchev–Trinajstić information content (AvgIpc) is 2.67. The third-order valence-electron chi connectivity index (χ3n) is 3.93. The van der Waals surface area contributed by atoms with E-state index in [2.05, 4.69) is 10.6 Å². The number of carbonyl (C=O) groups excluding carboxylic acids is 4. The highest BCUT2D eigenvalue weighted by Crippen LogP contribution is 2.36. The van der Waals surface area contributed by atoms with Crippen LogP contribution in [0.3, 0.4) is 0 Å². The summed E-state index contributed by atoms with van der Waals surface area (Å²) >= 11 is 1.41. The maximum atomic E-state index is 12.2. The second-order valence-electron chi connectivity index (χ2n) is 6.03. The Kier molecular flexibility index (Phi) is 5.65. The number of rotatable bonds is 5. The molecule has 0 bridgehead atoms.